The Morgan fingerprint density at radius 2 is 2.00 bits per heavy atom. The van der Waals surface area contributed by atoms with Crippen LogP contribution in [0.5, 0.6) is 0 Å². The summed E-state index contributed by atoms with van der Waals surface area (Å²) in [5.41, 5.74) is -0.605. The van der Waals surface area contributed by atoms with Crippen molar-refractivity contribution < 1.29 is 19.1 Å². The van der Waals surface area contributed by atoms with Gasteiger partial charge in [0.1, 0.15) is 11.6 Å². The highest BCUT2D eigenvalue weighted by Crippen LogP contribution is 2.29. The summed E-state index contributed by atoms with van der Waals surface area (Å²) >= 11 is 0. The highest BCUT2D eigenvalue weighted by atomic mass is 16.6. The topological polar surface area (TPSA) is 63.7 Å². The van der Waals surface area contributed by atoms with Gasteiger partial charge in [-0.05, 0) is 46.5 Å². The first kappa shape index (κ1) is 16.4. The third-order valence-corrected chi connectivity index (χ3v) is 3.24. The summed E-state index contributed by atoms with van der Waals surface area (Å²) < 4.78 is 5.33. The molecule has 5 nitrogen and oxygen atoms in total. The summed E-state index contributed by atoms with van der Waals surface area (Å²) in [6, 6.07) is -0.745. The molecule has 1 aliphatic heterocycles. The monoisotopic (exact) mass is 281 g/mol. The van der Waals surface area contributed by atoms with E-state index in [0.29, 0.717) is 19.3 Å². The minimum atomic E-state index is -0.651. The molecule has 0 radical (unpaired) electrons. The fourth-order valence-electron chi connectivity index (χ4n) is 2.47. The fourth-order valence-corrected chi connectivity index (χ4v) is 2.47. The maximum atomic E-state index is 12.2. The van der Waals surface area contributed by atoms with Gasteiger partial charge in [0.15, 0.2) is 0 Å². The summed E-state index contributed by atoms with van der Waals surface area (Å²) in [4.78, 5) is 36.1. The largest absolute Gasteiger partial charge is 0.458 e. The molecule has 0 aromatic carbocycles. The van der Waals surface area contributed by atoms with E-state index in [1.54, 1.807) is 26.8 Å². The van der Waals surface area contributed by atoms with Gasteiger partial charge in [0, 0.05) is 6.04 Å². The van der Waals surface area contributed by atoms with Gasteiger partial charge < -0.3 is 9.64 Å². The average Bonchev–Trinajstić information content (AvgIpc) is 2.77. The number of ether oxygens (including phenoxy) is 1. The normalized spacial score (nSPS) is 22.4. The predicted octanol–water partition coefficient (Wildman–Crippen LogP) is 1.85. The van der Waals surface area contributed by atoms with Crippen LogP contribution in [0.25, 0.3) is 0 Å². The van der Waals surface area contributed by atoms with Crippen LogP contribution >= 0.6 is 0 Å². The minimum absolute atomic E-state index is 0.0942. The molecule has 5 heteroatoms. The Morgan fingerprint density at radius 1 is 1.35 bits per heavy atom. The van der Waals surface area contributed by atoms with Crippen LogP contribution in [0.15, 0.2) is 12.7 Å². The molecule has 0 saturated carbocycles. The summed E-state index contributed by atoms with van der Waals surface area (Å²) in [6.45, 7) is 8.99. The number of amides is 1. The Bertz CT molecular complexity index is 397. The molecule has 0 unspecified atom stereocenters. The lowest BCUT2D eigenvalue weighted by atomic mass is 10.1. The molecule has 1 amide bonds. The molecule has 1 fully saturated rings. The second-order valence-corrected chi connectivity index (χ2v) is 6.01. The Balaban J connectivity index is 2.84. The summed E-state index contributed by atoms with van der Waals surface area (Å²) in [5.74, 6) is -1.08. The number of likely N-dealkylation sites (tertiary alicyclic amines) is 1. The van der Waals surface area contributed by atoms with Gasteiger partial charge in [0.25, 0.3) is 5.91 Å². The van der Waals surface area contributed by atoms with Gasteiger partial charge in [-0.1, -0.05) is 6.08 Å². The van der Waals surface area contributed by atoms with Crippen LogP contribution in [0.4, 0.5) is 0 Å². The summed E-state index contributed by atoms with van der Waals surface area (Å²) in [6.07, 6.45) is 4.73. The number of hydrogen-bond acceptors (Lipinski definition) is 4. The molecular weight excluding hydrogens is 258 g/mol. The Kier molecular flexibility index (Phi) is 5.48. The predicted molar refractivity (Wildman–Crippen MR) is 75.0 cm³/mol. The zero-order valence-corrected chi connectivity index (χ0v) is 12.4. The van der Waals surface area contributed by atoms with Gasteiger partial charge in [-0.3, -0.25) is 9.59 Å². The van der Waals surface area contributed by atoms with Crippen LogP contribution in [-0.2, 0) is 19.1 Å². The Morgan fingerprint density at radius 3 is 2.50 bits per heavy atom. The van der Waals surface area contributed by atoms with Crippen molar-refractivity contribution in [2.75, 3.05) is 0 Å². The van der Waals surface area contributed by atoms with Crippen molar-refractivity contribution in [3.8, 4) is 0 Å². The zero-order valence-electron chi connectivity index (χ0n) is 12.4. The molecule has 1 rings (SSSR count). The first-order valence-corrected chi connectivity index (χ1v) is 6.91. The van der Waals surface area contributed by atoms with Crippen molar-refractivity contribution in [2.24, 2.45) is 0 Å². The number of allylic oxidation sites excluding steroid dienone is 1. The Hall–Kier alpha value is -1.65. The smallest absolute Gasteiger partial charge is 0.329 e. The van der Waals surface area contributed by atoms with Crippen LogP contribution in [0, 0.1) is 0 Å². The SMILES string of the molecule is C=CCC[C@@H]1CC[C@@H](C(=O)OC(C)(C)C)N1C(=O)C=O. The molecule has 112 valence electrons. The quantitative estimate of drug-likeness (QED) is 0.334. The van der Waals surface area contributed by atoms with E-state index in [9.17, 15) is 14.4 Å². The van der Waals surface area contributed by atoms with Crippen LogP contribution < -0.4 is 0 Å². The van der Waals surface area contributed by atoms with E-state index in [0.717, 1.165) is 6.42 Å². The molecule has 0 aromatic rings. The van der Waals surface area contributed by atoms with Crippen molar-refractivity contribution in [3.05, 3.63) is 12.7 Å². The number of aldehydes is 1. The summed E-state index contributed by atoms with van der Waals surface area (Å²) in [7, 11) is 0. The van der Waals surface area contributed by atoms with Crippen molar-refractivity contribution >= 4 is 18.2 Å². The minimum Gasteiger partial charge on any atom is -0.458 e. The van der Waals surface area contributed by atoms with Gasteiger partial charge in [-0.2, -0.15) is 0 Å². The first-order chi connectivity index (χ1) is 9.30. The molecule has 0 aliphatic carbocycles. The third-order valence-electron chi connectivity index (χ3n) is 3.24. The van der Waals surface area contributed by atoms with E-state index >= 15 is 0 Å². The van der Waals surface area contributed by atoms with Crippen LogP contribution in [0.1, 0.15) is 46.5 Å². The fraction of sp³-hybridized carbons (Fsp3) is 0.667. The van der Waals surface area contributed by atoms with Crippen LogP contribution in [-0.4, -0.2) is 40.7 Å². The zero-order chi connectivity index (χ0) is 15.3. The number of hydrogen-bond donors (Lipinski definition) is 0. The van der Waals surface area contributed by atoms with Gasteiger partial charge in [0.2, 0.25) is 6.29 Å². The molecule has 1 saturated heterocycles. The lowest BCUT2D eigenvalue weighted by Gasteiger charge is -2.29. The standard InChI is InChI=1S/C15H23NO4/c1-5-6-7-11-8-9-12(16(11)13(18)10-17)14(19)20-15(2,3)4/h5,10-12H,1,6-9H2,2-4H3/t11-,12+/m1/s1. The van der Waals surface area contributed by atoms with Gasteiger partial charge in [-0.25, -0.2) is 4.79 Å². The maximum absolute atomic E-state index is 12.2. The van der Waals surface area contributed by atoms with E-state index in [1.807, 2.05) is 0 Å². The number of carbonyl (C=O) groups excluding carboxylic acids is 3. The van der Waals surface area contributed by atoms with Crippen molar-refractivity contribution in [1.82, 2.24) is 4.90 Å². The Labute approximate surface area is 120 Å². The molecule has 0 bridgehead atoms. The van der Waals surface area contributed by atoms with Crippen molar-refractivity contribution in [3.63, 3.8) is 0 Å². The van der Waals surface area contributed by atoms with Gasteiger partial charge in [0.05, 0.1) is 0 Å². The van der Waals surface area contributed by atoms with E-state index in [1.165, 1.54) is 4.90 Å². The number of carbonyl (C=O) groups is 3. The third kappa shape index (κ3) is 4.18. The van der Waals surface area contributed by atoms with E-state index in [-0.39, 0.29) is 12.3 Å². The van der Waals surface area contributed by atoms with Crippen LogP contribution in [0.3, 0.4) is 0 Å². The van der Waals surface area contributed by atoms with E-state index in [2.05, 4.69) is 6.58 Å². The second-order valence-electron chi connectivity index (χ2n) is 6.01. The molecule has 0 aromatic heterocycles. The highest BCUT2D eigenvalue weighted by Gasteiger charge is 2.42. The van der Waals surface area contributed by atoms with E-state index < -0.39 is 23.5 Å². The van der Waals surface area contributed by atoms with Crippen LogP contribution in [0.2, 0.25) is 0 Å². The lowest BCUT2D eigenvalue weighted by Crippen LogP contribution is -2.47. The molecular formula is C15H23NO4. The molecule has 0 N–H and O–H groups in total. The molecule has 1 heterocycles. The van der Waals surface area contributed by atoms with Gasteiger partial charge >= 0.3 is 5.97 Å². The number of nitrogens with zero attached hydrogens (tertiary/aromatic N) is 1. The maximum Gasteiger partial charge on any atom is 0.329 e. The highest BCUT2D eigenvalue weighted by molar-refractivity contribution is 6.24. The number of rotatable bonds is 5. The first-order valence-electron chi connectivity index (χ1n) is 6.91. The molecule has 0 spiro atoms. The second kappa shape index (κ2) is 6.68. The molecule has 1 aliphatic rings. The van der Waals surface area contributed by atoms with Crippen molar-refractivity contribution in [2.45, 2.75) is 64.1 Å². The van der Waals surface area contributed by atoms with E-state index in [4.69, 9.17) is 4.74 Å². The average molecular weight is 281 g/mol. The molecule has 20 heavy (non-hydrogen) atoms. The number of esters is 1. The molecule has 2 atom stereocenters. The van der Waals surface area contributed by atoms with Gasteiger partial charge in [-0.15, -0.1) is 6.58 Å². The summed E-state index contributed by atoms with van der Waals surface area (Å²) in [5, 5.41) is 0. The van der Waals surface area contributed by atoms with Crippen molar-refractivity contribution in [1.29, 1.82) is 0 Å². The lowest BCUT2D eigenvalue weighted by molar-refractivity contribution is -0.164.